The Balaban J connectivity index is 0.968. The highest BCUT2D eigenvalue weighted by atomic mass is 16.5. The maximum atomic E-state index is 7.11. The number of para-hydroxylation sites is 6. The minimum absolute atomic E-state index is 0.306. The van der Waals surface area contributed by atoms with Gasteiger partial charge in [-0.2, -0.15) is 0 Å². The van der Waals surface area contributed by atoms with Crippen molar-refractivity contribution in [3.63, 3.8) is 0 Å². The third kappa shape index (κ3) is 4.18. The molecule has 3 aromatic heterocycles. The standard InChI is InChI=1S/C54H31BN2O2/c1-7-19-45(56-46-20-8-2-14-36(46)37-15-3-9-21-47(37)56)35(13-1)34-29-41-40-18-6-12-24-50(40)59-55-44-26-25-32(30-51(44)58-52(31-34)53(41)55)33-27-42-38-16-4-10-22-48(38)57-49-23-11-5-17-39(49)43(28-33)54(42)57/h1-31H. The summed E-state index contributed by atoms with van der Waals surface area (Å²) in [6.07, 6.45) is 0. The smallest absolute Gasteiger partial charge is 0.434 e. The topological polar surface area (TPSA) is 27.8 Å². The summed E-state index contributed by atoms with van der Waals surface area (Å²) in [5.41, 5.74) is 16.0. The summed E-state index contributed by atoms with van der Waals surface area (Å²) < 4.78 is 18.9. The predicted molar refractivity (Wildman–Crippen MR) is 244 cm³/mol. The van der Waals surface area contributed by atoms with Crippen molar-refractivity contribution in [2.75, 3.05) is 0 Å². The Labute approximate surface area is 339 Å². The normalized spacial score (nSPS) is 13.0. The van der Waals surface area contributed by atoms with E-state index in [1.165, 1.54) is 59.9 Å². The van der Waals surface area contributed by atoms with Gasteiger partial charge in [0, 0.05) is 54.4 Å². The molecule has 2 aliphatic heterocycles. The first-order valence-electron chi connectivity index (χ1n) is 20.3. The van der Waals surface area contributed by atoms with E-state index in [9.17, 15) is 0 Å². The molecule has 5 heterocycles. The van der Waals surface area contributed by atoms with E-state index in [0.29, 0.717) is 0 Å². The number of hydrogen-bond acceptors (Lipinski definition) is 2. The van der Waals surface area contributed by atoms with Gasteiger partial charge in [-0.3, -0.25) is 0 Å². The van der Waals surface area contributed by atoms with Crippen molar-refractivity contribution in [2.45, 2.75) is 0 Å². The van der Waals surface area contributed by atoms with E-state index >= 15 is 0 Å². The summed E-state index contributed by atoms with van der Waals surface area (Å²) >= 11 is 0. The van der Waals surface area contributed by atoms with Crippen LogP contribution in [0.2, 0.25) is 0 Å². The van der Waals surface area contributed by atoms with Gasteiger partial charge in [-0.25, -0.2) is 0 Å². The van der Waals surface area contributed by atoms with E-state index in [-0.39, 0.29) is 6.92 Å². The molecule has 272 valence electrons. The molecule has 0 fully saturated rings. The van der Waals surface area contributed by atoms with Gasteiger partial charge in [-0.05, 0) is 89.0 Å². The second-order valence-corrected chi connectivity index (χ2v) is 16.0. The lowest BCUT2D eigenvalue weighted by molar-refractivity contribution is 0.480. The van der Waals surface area contributed by atoms with Gasteiger partial charge in [0.1, 0.15) is 17.2 Å². The lowest BCUT2D eigenvalue weighted by Crippen LogP contribution is -2.53. The van der Waals surface area contributed by atoms with Gasteiger partial charge in [0.15, 0.2) is 0 Å². The summed E-state index contributed by atoms with van der Waals surface area (Å²) in [6, 6.07) is 68.0. The van der Waals surface area contributed by atoms with E-state index in [2.05, 4.69) is 197 Å². The Hall–Kier alpha value is -7.76. The first kappa shape index (κ1) is 31.3. The molecule has 2 aliphatic rings. The average Bonchev–Trinajstić information content (AvgIpc) is 3.94. The SMILES string of the molecule is c1ccc2c(c1)OB1c3ccc(-c4cc5c6ccccc6n6c7ccccc7c(c4)c56)cc3Oc3cc(-c4ccccc4-n4c5ccccc5c5ccccc54)cc-2c31. The number of benzene rings is 9. The highest BCUT2D eigenvalue weighted by Gasteiger charge is 2.41. The van der Waals surface area contributed by atoms with Crippen LogP contribution in [0.3, 0.4) is 0 Å². The molecule has 14 rings (SSSR count). The Bertz CT molecular complexity index is 3630. The first-order chi connectivity index (χ1) is 29.3. The number of nitrogens with zero attached hydrogens (tertiary/aromatic N) is 2. The number of rotatable bonds is 3. The molecule has 0 N–H and O–H groups in total. The van der Waals surface area contributed by atoms with Gasteiger partial charge >= 0.3 is 6.92 Å². The minimum atomic E-state index is -0.306. The van der Waals surface area contributed by atoms with Crippen molar-refractivity contribution in [3.05, 3.63) is 188 Å². The summed E-state index contributed by atoms with van der Waals surface area (Å²) in [6.45, 7) is -0.306. The van der Waals surface area contributed by atoms with Gasteiger partial charge in [-0.15, -0.1) is 0 Å². The average molecular weight is 751 g/mol. The van der Waals surface area contributed by atoms with Gasteiger partial charge in [0.25, 0.3) is 0 Å². The lowest BCUT2D eigenvalue weighted by Gasteiger charge is -2.33. The Morgan fingerprint density at radius 1 is 0.373 bits per heavy atom. The maximum absolute atomic E-state index is 7.11. The fraction of sp³-hybridized carbons (Fsp3) is 0. The van der Waals surface area contributed by atoms with Crippen molar-refractivity contribution in [1.82, 2.24) is 8.97 Å². The molecule has 59 heavy (non-hydrogen) atoms. The summed E-state index contributed by atoms with van der Waals surface area (Å²) in [7, 11) is 0. The number of aromatic nitrogens is 2. The fourth-order valence-electron chi connectivity index (χ4n) is 10.4. The van der Waals surface area contributed by atoms with Crippen molar-refractivity contribution in [1.29, 1.82) is 0 Å². The van der Waals surface area contributed by atoms with Crippen LogP contribution in [0.25, 0.3) is 99.0 Å². The molecule has 5 heteroatoms. The van der Waals surface area contributed by atoms with Crippen molar-refractivity contribution >= 4 is 77.7 Å². The van der Waals surface area contributed by atoms with Crippen LogP contribution < -0.4 is 20.3 Å². The molecule has 4 nitrogen and oxygen atoms in total. The molecular weight excluding hydrogens is 719 g/mol. The van der Waals surface area contributed by atoms with Crippen LogP contribution >= 0.6 is 0 Å². The fourth-order valence-corrected chi connectivity index (χ4v) is 10.4. The summed E-state index contributed by atoms with van der Waals surface area (Å²) in [4.78, 5) is 0. The van der Waals surface area contributed by atoms with Crippen LogP contribution in [-0.4, -0.2) is 15.9 Å². The molecular formula is C54H31BN2O2. The molecule has 0 radical (unpaired) electrons. The van der Waals surface area contributed by atoms with E-state index in [4.69, 9.17) is 9.39 Å². The highest BCUT2D eigenvalue weighted by Crippen LogP contribution is 2.45. The third-order valence-electron chi connectivity index (χ3n) is 12.9. The van der Waals surface area contributed by atoms with E-state index in [1.54, 1.807) is 0 Å². The first-order valence-corrected chi connectivity index (χ1v) is 20.3. The van der Waals surface area contributed by atoms with Crippen LogP contribution in [0.1, 0.15) is 0 Å². The minimum Gasteiger partial charge on any atom is -0.551 e. The zero-order valence-electron chi connectivity index (χ0n) is 31.7. The van der Waals surface area contributed by atoms with Gasteiger partial charge in [0.05, 0.1) is 33.3 Å². The van der Waals surface area contributed by atoms with E-state index in [1.807, 2.05) is 0 Å². The molecule has 0 amide bonds. The predicted octanol–water partition coefficient (Wildman–Crippen LogP) is 12.5. The Morgan fingerprint density at radius 3 is 1.63 bits per heavy atom. The molecule has 0 spiro atoms. The van der Waals surface area contributed by atoms with Crippen LogP contribution in [0.15, 0.2) is 188 Å². The summed E-state index contributed by atoms with van der Waals surface area (Å²) in [5.74, 6) is 2.52. The molecule has 0 unspecified atom stereocenters. The zero-order chi connectivity index (χ0) is 38.3. The third-order valence-corrected chi connectivity index (χ3v) is 12.9. The van der Waals surface area contributed by atoms with Crippen LogP contribution in [0, 0.1) is 0 Å². The lowest BCUT2D eigenvalue weighted by atomic mass is 9.50. The zero-order valence-corrected chi connectivity index (χ0v) is 31.7. The number of ether oxygens (including phenoxy) is 1. The molecule has 0 bridgehead atoms. The van der Waals surface area contributed by atoms with Crippen LogP contribution in [0.4, 0.5) is 0 Å². The summed E-state index contributed by atoms with van der Waals surface area (Å²) in [5, 5.41) is 7.53. The molecule has 9 aromatic carbocycles. The van der Waals surface area contributed by atoms with Crippen LogP contribution in [-0.2, 0) is 0 Å². The molecule has 0 saturated heterocycles. The molecule has 0 saturated carbocycles. The number of fused-ring (bicyclic) bond motifs is 13. The van der Waals surface area contributed by atoms with Crippen molar-refractivity contribution in [2.24, 2.45) is 0 Å². The Morgan fingerprint density at radius 2 is 0.932 bits per heavy atom. The molecule has 0 atom stereocenters. The monoisotopic (exact) mass is 750 g/mol. The number of hydrogen-bond donors (Lipinski definition) is 0. The second kappa shape index (κ2) is 11.4. The van der Waals surface area contributed by atoms with Crippen molar-refractivity contribution in [3.8, 4) is 56.3 Å². The Kier molecular flexibility index (Phi) is 6.07. The van der Waals surface area contributed by atoms with Crippen molar-refractivity contribution < 1.29 is 9.39 Å². The maximum Gasteiger partial charge on any atom is 0.434 e. The largest absolute Gasteiger partial charge is 0.551 e. The van der Waals surface area contributed by atoms with Crippen LogP contribution in [0.5, 0.6) is 17.2 Å². The molecule has 0 aliphatic carbocycles. The van der Waals surface area contributed by atoms with Gasteiger partial charge in [-0.1, -0.05) is 121 Å². The van der Waals surface area contributed by atoms with Gasteiger partial charge in [0.2, 0.25) is 0 Å². The highest BCUT2D eigenvalue weighted by molar-refractivity contribution is 6.84. The van der Waals surface area contributed by atoms with E-state index in [0.717, 1.165) is 67.2 Å². The second-order valence-electron chi connectivity index (χ2n) is 16.0. The quantitative estimate of drug-likeness (QED) is 0.168. The van der Waals surface area contributed by atoms with Gasteiger partial charge < -0.3 is 18.4 Å². The molecule has 12 aromatic rings. The van der Waals surface area contributed by atoms with E-state index < -0.39 is 0 Å².